The highest BCUT2D eigenvalue weighted by molar-refractivity contribution is 6.44. The minimum absolute atomic E-state index is 0.411. The second kappa shape index (κ2) is 7.86. The van der Waals surface area contributed by atoms with E-state index in [0.29, 0.717) is 31.0 Å². The SMILES string of the molecule is CN1CCN(C(=O)C(=O)c2c[nH]c3cc(OCc4ccccc4)ccc23)CC1. The lowest BCUT2D eigenvalue weighted by Crippen LogP contribution is -2.49. The van der Waals surface area contributed by atoms with Crippen LogP contribution in [0, 0.1) is 0 Å². The number of nitrogens with one attached hydrogen (secondary N) is 1. The van der Waals surface area contributed by atoms with Gasteiger partial charge in [-0.15, -0.1) is 0 Å². The van der Waals surface area contributed by atoms with Gasteiger partial charge in [-0.2, -0.15) is 0 Å². The van der Waals surface area contributed by atoms with Crippen molar-refractivity contribution in [3.05, 3.63) is 65.9 Å². The van der Waals surface area contributed by atoms with E-state index >= 15 is 0 Å². The third-order valence-corrected chi connectivity index (χ3v) is 5.13. The molecule has 28 heavy (non-hydrogen) atoms. The first kappa shape index (κ1) is 18.3. The quantitative estimate of drug-likeness (QED) is 0.548. The van der Waals surface area contributed by atoms with Crippen LogP contribution in [0.1, 0.15) is 15.9 Å². The maximum absolute atomic E-state index is 12.7. The van der Waals surface area contributed by atoms with Crippen molar-refractivity contribution in [2.24, 2.45) is 0 Å². The van der Waals surface area contributed by atoms with Gasteiger partial charge in [0, 0.05) is 49.3 Å². The molecule has 6 heteroatoms. The molecule has 1 N–H and O–H groups in total. The summed E-state index contributed by atoms with van der Waals surface area (Å²) in [5.74, 6) is -0.185. The molecule has 0 unspecified atom stereocenters. The van der Waals surface area contributed by atoms with Gasteiger partial charge < -0.3 is 19.5 Å². The molecule has 1 amide bonds. The van der Waals surface area contributed by atoms with Gasteiger partial charge in [-0.1, -0.05) is 30.3 Å². The molecule has 1 aromatic heterocycles. The molecule has 1 aliphatic rings. The number of rotatable bonds is 5. The first-order valence-corrected chi connectivity index (χ1v) is 9.42. The zero-order chi connectivity index (χ0) is 19.5. The van der Waals surface area contributed by atoms with Crippen LogP contribution >= 0.6 is 0 Å². The lowest BCUT2D eigenvalue weighted by molar-refractivity contribution is -0.127. The Balaban J connectivity index is 1.48. The predicted octanol–water partition coefficient (Wildman–Crippen LogP) is 2.70. The topological polar surface area (TPSA) is 65.6 Å². The van der Waals surface area contributed by atoms with Crippen LogP contribution in [0.2, 0.25) is 0 Å². The highest BCUT2D eigenvalue weighted by atomic mass is 16.5. The van der Waals surface area contributed by atoms with Gasteiger partial charge >= 0.3 is 0 Å². The number of hydrogen-bond donors (Lipinski definition) is 1. The fraction of sp³-hybridized carbons (Fsp3) is 0.273. The number of ketones is 1. The number of hydrogen-bond acceptors (Lipinski definition) is 4. The Morgan fingerprint density at radius 2 is 1.79 bits per heavy atom. The second-order valence-electron chi connectivity index (χ2n) is 7.11. The third-order valence-electron chi connectivity index (χ3n) is 5.13. The van der Waals surface area contributed by atoms with Gasteiger partial charge in [-0.25, -0.2) is 0 Å². The highest BCUT2D eigenvalue weighted by Crippen LogP contribution is 2.25. The van der Waals surface area contributed by atoms with E-state index in [0.717, 1.165) is 29.6 Å². The van der Waals surface area contributed by atoms with Gasteiger partial charge in [0.25, 0.3) is 11.7 Å². The normalized spacial score (nSPS) is 15.0. The fourth-order valence-electron chi connectivity index (χ4n) is 3.39. The number of likely N-dealkylation sites (N-methyl/N-ethyl adjacent to an activating group) is 1. The number of aromatic amines is 1. The van der Waals surface area contributed by atoms with Crippen molar-refractivity contribution in [2.45, 2.75) is 6.61 Å². The third kappa shape index (κ3) is 3.77. The summed E-state index contributed by atoms with van der Waals surface area (Å²) in [6, 6.07) is 15.4. The monoisotopic (exact) mass is 377 g/mol. The lowest BCUT2D eigenvalue weighted by atomic mass is 10.1. The summed E-state index contributed by atoms with van der Waals surface area (Å²) in [5, 5.41) is 0.736. The number of piperazine rings is 1. The molecule has 0 radical (unpaired) electrons. The van der Waals surface area contributed by atoms with Crippen LogP contribution in [0.15, 0.2) is 54.7 Å². The van der Waals surface area contributed by atoms with Gasteiger partial charge in [0.1, 0.15) is 12.4 Å². The number of Topliss-reactive ketones (excluding diaryl/α,β-unsaturated/α-hetero) is 1. The number of benzene rings is 2. The van der Waals surface area contributed by atoms with E-state index in [2.05, 4.69) is 9.88 Å². The van der Waals surface area contributed by atoms with Gasteiger partial charge in [0.2, 0.25) is 0 Å². The molecule has 0 aliphatic carbocycles. The molecule has 3 aromatic rings. The van der Waals surface area contributed by atoms with Crippen LogP contribution in [-0.2, 0) is 11.4 Å². The van der Waals surface area contributed by atoms with Crippen LogP contribution in [0.3, 0.4) is 0 Å². The van der Waals surface area contributed by atoms with E-state index in [1.54, 1.807) is 11.1 Å². The largest absolute Gasteiger partial charge is 0.489 e. The molecule has 1 fully saturated rings. The summed E-state index contributed by atoms with van der Waals surface area (Å²) in [4.78, 5) is 32.2. The molecule has 1 saturated heterocycles. The van der Waals surface area contributed by atoms with Gasteiger partial charge in [0.15, 0.2) is 0 Å². The Bertz CT molecular complexity index is 989. The van der Waals surface area contributed by atoms with Crippen molar-refractivity contribution in [1.29, 1.82) is 0 Å². The number of nitrogens with zero attached hydrogens (tertiary/aromatic N) is 2. The Kier molecular flexibility index (Phi) is 5.12. The van der Waals surface area contributed by atoms with Crippen LogP contribution in [0.4, 0.5) is 0 Å². The van der Waals surface area contributed by atoms with Crippen LogP contribution in [0.25, 0.3) is 10.9 Å². The van der Waals surface area contributed by atoms with Gasteiger partial charge in [-0.3, -0.25) is 9.59 Å². The Morgan fingerprint density at radius 3 is 2.54 bits per heavy atom. The van der Waals surface area contributed by atoms with E-state index in [9.17, 15) is 9.59 Å². The van der Waals surface area contributed by atoms with Crippen LogP contribution in [-0.4, -0.2) is 59.7 Å². The Hall–Kier alpha value is -3.12. The average Bonchev–Trinajstić information content (AvgIpc) is 3.16. The predicted molar refractivity (Wildman–Crippen MR) is 107 cm³/mol. The van der Waals surface area contributed by atoms with Gasteiger partial charge in [-0.05, 0) is 24.7 Å². The number of amides is 1. The standard InChI is InChI=1S/C22H23N3O3/c1-24-9-11-25(12-10-24)22(27)21(26)19-14-23-20-13-17(7-8-18(19)20)28-15-16-5-3-2-4-6-16/h2-8,13-14,23H,9-12,15H2,1H3. The van der Waals surface area contributed by atoms with Crippen molar-refractivity contribution in [1.82, 2.24) is 14.8 Å². The van der Waals surface area contributed by atoms with Gasteiger partial charge in [0.05, 0.1) is 5.56 Å². The molecule has 0 atom stereocenters. The van der Waals surface area contributed by atoms with Crippen molar-refractivity contribution >= 4 is 22.6 Å². The fourth-order valence-corrected chi connectivity index (χ4v) is 3.39. The number of fused-ring (bicyclic) bond motifs is 1. The summed E-state index contributed by atoms with van der Waals surface area (Å²) in [7, 11) is 2.01. The second-order valence-corrected chi connectivity index (χ2v) is 7.11. The molecule has 0 saturated carbocycles. The van der Waals surface area contributed by atoms with Crippen LogP contribution < -0.4 is 4.74 Å². The molecule has 2 heterocycles. The first-order valence-electron chi connectivity index (χ1n) is 9.42. The van der Waals surface area contributed by atoms with E-state index in [4.69, 9.17) is 4.74 Å². The minimum atomic E-state index is -0.464. The lowest BCUT2D eigenvalue weighted by Gasteiger charge is -2.31. The summed E-state index contributed by atoms with van der Waals surface area (Å²) < 4.78 is 5.84. The molecule has 144 valence electrons. The molecule has 0 spiro atoms. The molecular formula is C22H23N3O3. The molecular weight excluding hydrogens is 354 g/mol. The summed E-state index contributed by atoms with van der Waals surface area (Å²) in [5.41, 5.74) is 2.27. The highest BCUT2D eigenvalue weighted by Gasteiger charge is 2.27. The smallest absolute Gasteiger partial charge is 0.295 e. The zero-order valence-electron chi connectivity index (χ0n) is 15.9. The number of H-pyrrole nitrogens is 1. The number of carbonyl (C=O) groups is 2. The van der Waals surface area contributed by atoms with Crippen molar-refractivity contribution < 1.29 is 14.3 Å². The van der Waals surface area contributed by atoms with Crippen LogP contribution in [0.5, 0.6) is 5.75 Å². The summed E-state index contributed by atoms with van der Waals surface area (Å²) in [6.07, 6.45) is 1.61. The molecule has 4 rings (SSSR count). The van der Waals surface area contributed by atoms with E-state index in [1.807, 2.05) is 55.6 Å². The maximum atomic E-state index is 12.7. The molecule has 1 aliphatic heterocycles. The van der Waals surface area contributed by atoms with Crippen molar-refractivity contribution in [2.75, 3.05) is 33.2 Å². The summed E-state index contributed by atoms with van der Waals surface area (Å²) in [6.45, 7) is 3.21. The van der Waals surface area contributed by atoms with Crippen molar-refractivity contribution in [3.63, 3.8) is 0 Å². The molecule has 0 bridgehead atoms. The molecule has 2 aromatic carbocycles. The average molecular weight is 377 g/mol. The number of carbonyl (C=O) groups excluding carboxylic acids is 2. The van der Waals surface area contributed by atoms with Crippen molar-refractivity contribution in [3.8, 4) is 5.75 Å². The zero-order valence-corrected chi connectivity index (χ0v) is 15.9. The maximum Gasteiger partial charge on any atom is 0.295 e. The number of aromatic nitrogens is 1. The minimum Gasteiger partial charge on any atom is -0.489 e. The van der Waals surface area contributed by atoms with E-state index in [1.165, 1.54) is 0 Å². The molecule has 6 nitrogen and oxygen atoms in total. The number of ether oxygens (including phenoxy) is 1. The van der Waals surface area contributed by atoms with E-state index < -0.39 is 11.7 Å². The van der Waals surface area contributed by atoms with E-state index in [-0.39, 0.29) is 0 Å². The summed E-state index contributed by atoms with van der Waals surface area (Å²) >= 11 is 0. The Labute approximate surface area is 163 Å². The Morgan fingerprint density at radius 1 is 1.04 bits per heavy atom. The first-order chi connectivity index (χ1) is 13.6.